The lowest BCUT2D eigenvalue weighted by molar-refractivity contribution is -0.116. The lowest BCUT2D eigenvalue weighted by Crippen LogP contribution is -2.25. The zero-order valence-electron chi connectivity index (χ0n) is 18.1. The molecule has 0 bridgehead atoms. The van der Waals surface area contributed by atoms with Crippen molar-refractivity contribution >= 4 is 33.5 Å². The molecule has 5 aromatic rings. The minimum absolute atomic E-state index is 0.0116. The number of rotatable bonds is 6. The fourth-order valence-electron chi connectivity index (χ4n) is 4.02. The summed E-state index contributed by atoms with van der Waals surface area (Å²) in [4.78, 5) is 31.0. The second kappa shape index (κ2) is 8.63. The highest BCUT2D eigenvalue weighted by Gasteiger charge is 2.18. The van der Waals surface area contributed by atoms with Crippen LogP contribution >= 0.6 is 0 Å². The first-order valence-electron chi connectivity index (χ1n) is 10.6. The normalized spacial score (nSPS) is 11.1. The SMILES string of the molecule is COc1ccc(NC(=O)Cn2c3ccccc3c3ncn(Cc4ccccc4)c(=O)c32)cc1. The molecule has 0 saturated carbocycles. The van der Waals surface area contributed by atoms with Crippen molar-refractivity contribution in [1.82, 2.24) is 14.1 Å². The molecule has 33 heavy (non-hydrogen) atoms. The van der Waals surface area contributed by atoms with Gasteiger partial charge in [0.15, 0.2) is 0 Å². The first kappa shape index (κ1) is 20.5. The summed E-state index contributed by atoms with van der Waals surface area (Å²) in [5.74, 6) is 0.473. The molecule has 164 valence electrons. The Morgan fingerprint density at radius 1 is 0.970 bits per heavy atom. The third-order valence-corrected chi connectivity index (χ3v) is 5.61. The molecule has 1 N–H and O–H groups in total. The molecule has 5 rings (SSSR count). The number of carbonyl (C=O) groups excluding carboxylic acids is 1. The van der Waals surface area contributed by atoms with Gasteiger partial charge in [-0.05, 0) is 35.9 Å². The number of para-hydroxylation sites is 1. The van der Waals surface area contributed by atoms with Crippen molar-refractivity contribution in [3.63, 3.8) is 0 Å². The van der Waals surface area contributed by atoms with E-state index in [9.17, 15) is 9.59 Å². The maximum atomic E-state index is 13.5. The number of ether oxygens (including phenoxy) is 1. The van der Waals surface area contributed by atoms with Gasteiger partial charge in [0.1, 0.15) is 23.3 Å². The van der Waals surface area contributed by atoms with E-state index in [-0.39, 0.29) is 18.0 Å². The van der Waals surface area contributed by atoms with Crippen LogP contribution in [0.5, 0.6) is 5.75 Å². The molecule has 0 aliphatic rings. The number of fused-ring (bicyclic) bond motifs is 3. The third kappa shape index (κ3) is 3.96. The van der Waals surface area contributed by atoms with Gasteiger partial charge in [-0.3, -0.25) is 14.2 Å². The van der Waals surface area contributed by atoms with E-state index in [0.717, 1.165) is 16.5 Å². The van der Waals surface area contributed by atoms with Crippen LogP contribution in [-0.2, 0) is 17.9 Å². The number of amides is 1. The van der Waals surface area contributed by atoms with E-state index in [2.05, 4.69) is 10.3 Å². The standard InChI is InChI=1S/C26H22N4O3/c1-33-20-13-11-19(12-14-20)28-23(31)16-30-22-10-6-5-9-21(22)24-25(30)26(32)29(17-27-24)15-18-7-3-2-4-8-18/h2-14,17H,15-16H2,1H3,(H,28,31). The van der Waals surface area contributed by atoms with Crippen LogP contribution in [0.15, 0.2) is 90.0 Å². The van der Waals surface area contributed by atoms with Gasteiger partial charge in [-0.25, -0.2) is 4.98 Å². The molecule has 0 saturated heterocycles. The molecule has 0 unspecified atom stereocenters. The highest BCUT2D eigenvalue weighted by Crippen LogP contribution is 2.25. The fourth-order valence-corrected chi connectivity index (χ4v) is 4.02. The lowest BCUT2D eigenvalue weighted by atomic mass is 10.2. The fraction of sp³-hybridized carbons (Fsp3) is 0.115. The van der Waals surface area contributed by atoms with Gasteiger partial charge in [-0.15, -0.1) is 0 Å². The predicted molar refractivity (Wildman–Crippen MR) is 129 cm³/mol. The van der Waals surface area contributed by atoms with Crippen molar-refractivity contribution in [2.24, 2.45) is 0 Å². The zero-order chi connectivity index (χ0) is 22.8. The van der Waals surface area contributed by atoms with E-state index < -0.39 is 0 Å². The summed E-state index contributed by atoms with van der Waals surface area (Å²) in [7, 11) is 1.59. The average Bonchev–Trinajstić information content (AvgIpc) is 3.16. The number of benzene rings is 3. The van der Waals surface area contributed by atoms with Crippen molar-refractivity contribution in [2.45, 2.75) is 13.1 Å². The molecule has 0 aliphatic heterocycles. The summed E-state index contributed by atoms with van der Waals surface area (Å²) >= 11 is 0. The zero-order valence-corrected chi connectivity index (χ0v) is 18.1. The van der Waals surface area contributed by atoms with Crippen LogP contribution in [0.2, 0.25) is 0 Å². The summed E-state index contributed by atoms with van der Waals surface area (Å²) < 4.78 is 8.49. The van der Waals surface area contributed by atoms with Crippen molar-refractivity contribution in [1.29, 1.82) is 0 Å². The summed E-state index contributed by atoms with van der Waals surface area (Å²) in [5.41, 5.74) is 3.27. The van der Waals surface area contributed by atoms with Crippen molar-refractivity contribution < 1.29 is 9.53 Å². The number of hydrogen-bond acceptors (Lipinski definition) is 4. The van der Waals surface area contributed by atoms with E-state index in [4.69, 9.17) is 4.74 Å². The van der Waals surface area contributed by atoms with Gasteiger partial charge < -0.3 is 14.6 Å². The summed E-state index contributed by atoms with van der Waals surface area (Å²) in [6.07, 6.45) is 1.58. The number of carbonyl (C=O) groups is 1. The van der Waals surface area contributed by atoms with Crippen LogP contribution in [-0.4, -0.2) is 27.1 Å². The Kier molecular flexibility index (Phi) is 5.36. The van der Waals surface area contributed by atoms with Crippen LogP contribution in [0.25, 0.3) is 21.9 Å². The van der Waals surface area contributed by atoms with Crippen molar-refractivity contribution in [2.75, 3.05) is 12.4 Å². The van der Waals surface area contributed by atoms with E-state index >= 15 is 0 Å². The van der Waals surface area contributed by atoms with E-state index in [0.29, 0.717) is 29.0 Å². The number of nitrogens with one attached hydrogen (secondary N) is 1. The summed E-state index contributed by atoms with van der Waals surface area (Å²) in [6.45, 7) is 0.393. The van der Waals surface area contributed by atoms with Crippen molar-refractivity contribution in [3.8, 4) is 5.75 Å². The van der Waals surface area contributed by atoms with Crippen LogP contribution in [0.3, 0.4) is 0 Å². The number of anilines is 1. The second-order valence-corrected chi connectivity index (χ2v) is 7.74. The molecule has 0 aliphatic carbocycles. The quantitative estimate of drug-likeness (QED) is 0.434. The lowest BCUT2D eigenvalue weighted by Gasteiger charge is -2.10. The van der Waals surface area contributed by atoms with Gasteiger partial charge >= 0.3 is 0 Å². The average molecular weight is 438 g/mol. The van der Waals surface area contributed by atoms with Gasteiger partial charge in [0, 0.05) is 11.1 Å². The molecular formula is C26H22N4O3. The van der Waals surface area contributed by atoms with Gasteiger partial charge in [-0.1, -0.05) is 48.5 Å². The van der Waals surface area contributed by atoms with E-state index in [1.165, 1.54) is 0 Å². The van der Waals surface area contributed by atoms with E-state index in [1.807, 2.05) is 54.6 Å². The Morgan fingerprint density at radius 2 is 1.70 bits per heavy atom. The number of hydrogen-bond donors (Lipinski definition) is 1. The summed E-state index contributed by atoms with van der Waals surface area (Å²) in [6, 6.07) is 24.5. The molecule has 0 fully saturated rings. The molecule has 0 atom stereocenters. The molecule has 0 spiro atoms. The molecule has 7 nitrogen and oxygen atoms in total. The molecule has 0 radical (unpaired) electrons. The van der Waals surface area contributed by atoms with Gasteiger partial charge in [0.05, 0.1) is 25.5 Å². The number of aromatic nitrogens is 3. The van der Waals surface area contributed by atoms with Gasteiger partial charge in [0.25, 0.3) is 5.56 Å². The first-order valence-corrected chi connectivity index (χ1v) is 10.6. The molecule has 2 aromatic heterocycles. The maximum Gasteiger partial charge on any atom is 0.278 e. The minimum Gasteiger partial charge on any atom is -0.497 e. The van der Waals surface area contributed by atoms with Crippen molar-refractivity contribution in [3.05, 3.63) is 101 Å². The largest absolute Gasteiger partial charge is 0.497 e. The molecular weight excluding hydrogens is 416 g/mol. The maximum absolute atomic E-state index is 13.5. The third-order valence-electron chi connectivity index (χ3n) is 5.61. The van der Waals surface area contributed by atoms with Crippen LogP contribution in [0, 0.1) is 0 Å². The Balaban J connectivity index is 1.55. The van der Waals surface area contributed by atoms with Crippen LogP contribution in [0.1, 0.15) is 5.56 Å². The molecule has 2 heterocycles. The number of nitrogens with zero attached hydrogens (tertiary/aromatic N) is 3. The minimum atomic E-state index is -0.235. The highest BCUT2D eigenvalue weighted by atomic mass is 16.5. The Bertz CT molecular complexity index is 1500. The Labute approximate surface area is 189 Å². The monoisotopic (exact) mass is 438 g/mol. The van der Waals surface area contributed by atoms with E-state index in [1.54, 1.807) is 46.8 Å². The Hall–Kier alpha value is -4.39. The van der Waals surface area contributed by atoms with Gasteiger partial charge in [-0.2, -0.15) is 0 Å². The Morgan fingerprint density at radius 3 is 2.45 bits per heavy atom. The molecule has 3 aromatic carbocycles. The van der Waals surface area contributed by atoms with Gasteiger partial charge in [0.2, 0.25) is 5.91 Å². The smallest absolute Gasteiger partial charge is 0.278 e. The molecule has 7 heteroatoms. The highest BCUT2D eigenvalue weighted by molar-refractivity contribution is 6.06. The molecule has 1 amide bonds. The predicted octanol–water partition coefficient (Wildman–Crippen LogP) is 4.05. The van der Waals surface area contributed by atoms with Crippen LogP contribution in [0.4, 0.5) is 5.69 Å². The second-order valence-electron chi connectivity index (χ2n) is 7.74. The summed E-state index contributed by atoms with van der Waals surface area (Å²) in [5, 5.41) is 3.73. The topological polar surface area (TPSA) is 78.2 Å². The number of methoxy groups -OCH3 is 1. The first-order chi connectivity index (χ1) is 16.1. The van der Waals surface area contributed by atoms with Crippen LogP contribution < -0.4 is 15.6 Å².